The Bertz CT molecular complexity index is 1000. The first-order valence-corrected chi connectivity index (χ1v) is 12.9. The summed E-state index contributed by atoms with van der Waals surface area (Å²) in [6.07, 6.45) is 16.6. The number of carbonyl (C=O) groups excluding carboxylic acids is 3. The summed E-state index contributed by atoms with van der Waals surface area (Å²) in [5.41, 5.74) is 3.10. The Balaban J connectivity index is 0.000000246. The van der Waals surface area contributed by atoms with Crippen molar-refractivity contribution in [3.63, 3.8) is 0 Å². The Morgan fingerprint density at radius 3 is 1.69 bits per heavy atom. The molecule has 0 unspecified atom stereocenters. The zero-order chi connectivity index (χ0) is 26.0. The second-order valence-electron chi connectivity index (χ2n) is 9.14. The van der Waals surface area contributed by atoms with Gasteiger partial charge in [0.2, 0.25) is 6.41 Å². The highest BCUT2D eigenvalue weighted by molar-refractivity contribution is 6.09. The number of piperidine rings is 2. The van der Waals surface area contributed by atoms with Crippen LogP contribution in [0.15, 0.2) is 60.7 Å². The molecule has 1 amide bonds. The molecule has 0 aliphatic carbocycles. The van der Waals surface area contributed by atoms with Crippen LogP contribution in [0.3, 0.4) is 0 Å². The summed E-state index contributed by atoms with van der Waals surface area (Å²) >= 11 is 0. The lowest BCUT2D eigenvalue weighted by molar-refractivity contribution is -0.118. The fourth-order valence-electron chi connectivity index (χ4n) is 4.15. The van der Waals surface area contributed by atoms with Gasteiger partial charge in [-0.1, -0.05) is 61.0 Å². The molecule has 2 aromatic carbocycles. The van der Waals surface area contributed by atoms with Crippen LogP contribution < -0.4 is 0 Å². The SMILES string of the molecule is C/C=C/c1cccc(C(=O)c2cccc(/C=C/C=O)c2)c1.CN1CCCCC1.O=CN1CCCCC1. The molecule has 4 rings (SSSR count). The van der Waals surface area contributed by atoms with Gasteiger partial charge in [0.15, 0.2) is 5.78 Å². The summed E-state index contributed by atoms with van der Waals surface area (Å²) < 4.78 is 0. The van der Waals surface area contributed by atoms with Gasteiger partial charge in [-0.3, -0.25) is 14.4 Å². The number of carbonyl (C=O) groups is 3. The molecule has 192 valence electrons. The average Bonchev–Trinajstić information content (AvgIpc) is 2.93. The Labute approximate surface area is 216 Å². The maximum Gasteiger partial charge on any atom is 0.209 e. The van der Waals surface area contributed by atoms with Crippen molar-refractivity contribution in [2.24, 2.45) is 0 Å². The van der Waals surface area contributed by atoms with Crippen LogP contribution >= 0.6 is 0 Å². The maximum absolute atomic E-state index is 12.5. The number of rotatable bonds is 6. The molecule has 0 N–H and O–H groups in total. The Morgan fingerprint density at radius 2 is 1.28 bits per heavy atom. The quantitative estimate of drug-likeness (QED) is 0.289. The summed E-state index contributed by atoms with van der Waals surface area (Å²) in [4.78, 5) is 37.2. The number of nitrogens with zero attached hydrogens (tertiary/aromatic N) is 2. The Morgan fingerprint density at radius 1 is 0.750 bits per heavy atom. The lowest BCUT2D eigenvalue weighted by Crippen LogP contribution is -2.27. The molecule has 0 aromatic heterocycles. The van der Waals surface area contributed by atoms with Gasteiger partial charge in [0.1, 0.15) is 6.29 Å². The Kier molecular flexibility index (Phi) is 13.8. The molecule has 0 radical (unpaired) electrons. The topological polar surface area (TPSA) is 57.7 Å². The highest BCUT2D eigenvalue weighted by Crippen LogP contribution is 2.15. The number of benzene rings is 2. The van der Waals surface area contributed by atoms with Crippen LogP contribution in [0.4, 0.5) is 0 Å². The average molecular weight is 489 g/mol. The van der Waals surface area contributed by atoms with E-state index < -0.39 is 0 Å². The van der Waals surface area contributed by atoms with E-state index >= 15 is 0 Å². The van der Waals surface area contributed by atoms with Gasteiger partial charge in [-0.25, -0.2) is 0 Å². The molecule has 0 bridgehead atoms. The van der Waals surface area contributed by atoms with E-state index in [-0.39, 0.29) is 5.78 Å². The van der Waals surface area contributed by atoms with Gasteiger partial charge in [0.05, 0.1) is 0 Å². The van der Waals surface area contributed by atoms with E-state index in [1.807, 2.05) is 60.4 Å². The van der Waals surface area contributed by atoms with Crippen LogP contribution in [0, 0.1) is 0 Å². The molecule has 0 spiro atoms. The minimum atomic E-state index is -0.0253. The van der Waals surface area contributed by atoms with Gasteiger partial charge in [0.25, 0.3) is 0 Å². The van der Waals surface area contributed by atoms with E-state index in [1.165, 1.54) is 57.7 Å². The third-order valence-electron chi connectivity index (χ3n) is 6.14. The van der Waals surface area contributed by atoms with Crippen LogP contribution in [0.2, 0.25) is 0 Å². The number of hydrogen-bond acceptors (Lipinski definition) is 4. The van der Waals surface area contributed by atoms with E-state index in [2.05, 4.69) is 11.9 Å². The third kappa shape index (κ3) is 11.0. The Hall–Kier alpha value is -3.31. The van der Waals surface area contributed by atoms with Gasteiger partial charge in [-0.2, -0.15) is 0 Å². The minimum absolute atomic E-state index is 0.0253. The molecule has 2 saturated heterocycles. The number of allylic oxidation sites excluding steroid dienone is 2. The zero-order valence-electron chi connectivity index (χ0n) is 21.8. The molecular formula is C31H40N2O3. The normalized spacial score (nSPS) is 16.0. The van der Waals surface area contributed by atoms with Crippen molar-refractivity contribution >= 4 is 30.6 Å². The summed E-state index contributed by atoms with van der Waals surface area (Å²) in [5, 5.41) is 0. The summed E-state index contributed by atoms with van der Waals surface area (Å²) in [6.45, 7) is 6.53. The molecular weight excluding hydrogens is 448 g/mol. The first-order valence-electron chi connectivity index (χ1n) is 12.9. The van der Waals surface area contributed by atoms with Crippen LogP contribution in [-0.4, -0.2) is 61.5 Å². The summed E-state index contributed by atoms with van der Waals surface area (Å²) in [7, 11) is 2.19. The van der Waals surface area contributed by atoms with Gasteiger partial charge >= 0.3 is 0 Å². The first kappa shape index (κ1) is 28.9. The molecule has 0 saturated carbocycles. The van der Waals surface area contributed by atoms with Crippen LogP contribution in [-0.2, 0) is 9.59 Å². The van der Waals surface area contributed by atoms with Crippen molar-refractivity contribution in [3.8, 4) is 0 Å². The van der Waals surface area contributed by atoms with Crippen molar-refractivity contribution in [1.29, 1.82) is 0 Å². The van der Waals surface area contributed by atoms with Crippen molar-refractivity contribution < 1.29 is 14.4 Å². The largest absolute Gasteiger partial charge is 0.345 e. The van der Waals surface area contributed by atoms with Crippen LogP contribution in [0.5, 0.6) is 0 Å². The molecule has 5 heteroatoms. The standard InChI is InChI=1S/C19H16O2.C6H11NO.C6H13N/c1-2-6-15-7-3-10-17(13-15)19(21)18-11-4-8-16(14-18)9-5-12-20;8-6-7-4-2-1-3-5-7;1-7-5-3-2-4-6-7/h2-14H,1H3;6H,1-5H2;2-6H2,1H3/b6-2+,9-5+;;. The fourth-order valence-corrected chi connectivity index (χ4v) is 4.15. The number of ketones is 1. The van der Waals surface area contributed by atoms with Crippen molar-refractivity contribution in [1.82, 2.24) is 9.80 Å². The van der Waals surface area contributed by atoms with E-state index in [9.17, 15) is 14.4 Å². The van der Waals surface area contributed by atoms with E-state index in [1.54, 1.807) is 18.2 Å². The molecule has 2 aliphatic rings. The van der Waals surface area contributed by atoms with E-state index in [0.717, 1.165) is 36.9 Å². The highest BCUT2D eigenvalue weighted by atomic mass is 16.1. The number of likely N-dealkylation sites (tertiary alicyclic amines) is 2. The molecule has 0 atom stereocenters. The fraction of sp³-hybridized carbons (Fsp3) is 0.387. The number of aldehydes is 1. The second kappa shape index (κ2) is 17.2. The molecule has 36 heavy (non-hydrogen) atoms. The first-order chi connectivity index (χ1) is 17.6. The molecule has 2 aromatic rings. The maximum atomic E-state index is 12.5. The minimum Gasteiger partial charge on any atom is -0.345 e. The van der Waals surface area contributed by atoms with Gasteiger partial charge in [-0.15, -0.1) is 0 Å². The monoisotopic (exact) mass is 488 g/mol. The highest BCUT2D eigenvalue weighted by Gasteiger charge is 2.09. The number of amides is 1. The summed E-state index contributed by atoms with van der Waals surface area (Å²) in [6, 6.07) is 14.7. The molecule has 2 fully saturated rings. The predicted octanol–water partition coefficient (Wildman–Crippen LogP) is 5.89. The lowest BCUT2D eigenvalue weighted by Gasteiger charge is -2.21. The predicted molar refractivity (Wildman–Crippen MR) is 149 cm³/mol. The third-order valence-corrected chi connectivity index (χ3v) is 6.14. The smallest absolute Gasteiger partial charge is 0.209 e. The lowest BCUT2D eigenvalue weighted by atomic mass is 9.99. The van der Waals surface area contributed by atoms with Crippen LogP contribution in [0.1, 0.15) is 72.5 Å². The van der Waals surface area contributed by atoms with Crippen molar-refractivity contribution in [2.75, 3.05) is 33.2 Å². The number of hydrogen-bond donors (Lipinski definition) is 0. The zero-order valence-corrected chi connectivity index (χ0v) is 21.8. The van der Waals surface area contributed by atoms with E-state index in [4.69, 9.17) is 0 Å². The molecule has 5 nitrogen and oxygen atoms in total. The molecule has 2 aliphatic heterocycles. The van der Waals surface area contributed by atoms with Crippen molar-refractivity contribution in [2.45, 2.75) is 45.4 Å². The van der Waals surface area contributed by atoms with E-state index in [0.29, 0.717) is 11.1 Å². The van der Waals surface area contributed by atoms with Gasteiger partial charge in [0, 0.05) is 24.2 Å². The van der Waals surface area contributed by atoms with Gasteiger partial charge < -0.3 is 9.80 Å². The van der Waals surface area contributed by atoms with Crippen molar-refractivity contribution in [3.05, 3.63) is 82.9 Å². The van der Waals surface area contributed by atoms with Crippen LogP contribution in [0.25, 0.3) is 12.2 Å². The van der Waals surface area contributed by atoms with Gasteiger partial charge in [-0.05, 0) is 88.5 Å². The summed E-state index contributed by atoms with van der Waals surface area (Å²) in [5.74, 6) is -0.0253. The second-order valence-corrected chi connectivity index (χ2v) is 9.14. The molecule has 2 heterocycles.